The Bertz CT molecular complexity index is 199. The second-order valence-corrected chi connectivity index (χ2v) is 3.13. The summed E-state index contributed by atoms with van der Waals surface area (Å²) in [7, 11) is 1.60. The normalized spacial score (nSPS) is 11.8. The van der Waals surface area contributed by atoms with Crippen LogP contribution in [0.2, 0.25) is 0 Å². The van der Waals surface area contributed by atoms with Gasteiger partial charge in [0.15, 0.2) is 0 Å². The highest BCUT2D eigenvalue weighted by molar-refractivity contribution is 5.76. The highest BCUT2D eigenvalue weighted by atomic mass is 16.5. The van der Waals surface area contributed by atoms with Gasteiger partial charge in [0.25, 0.3) is 0 Å². The molecule has 14 heavy (non-hydrogen) atoms. The molecule has 0 rings (SSSR count). The summed E-state index contributed by atoms with van der Waals surface area (Å²) in [5, 5.41) is 11.4. The number of rotatable bonds is 7. The standard InChI is InChI=1S/C10H18N2O2/c1-3-5-9(8-11)12-10(13)6-4-7-14-2/h9H,3-7H2,1-2H3,(H,12,13). The van der Waals surface area contributed by atoms with Gasteiger partial charge in [-0.05, 0) is 12.8 Å². The predicted octanol–water partition coefficient (Wildman–Crippen LogP) is 1.22. The number of amides is 1. The number of hydrogen-bond acceptors (Lipinski definition) is 3. The van der Waals surface area contributed by atoms with Crippen LogP contribution in [-0.2, 0) is 9.53 Å². The molecule has 1 unspecified atom stereocenters. The second-order valence-electron chi connectivity index (χ2n) is 3.13. The van der Waals surface area contributed by atoms with Crippen molar-refractivity contribution in [1.29, 1.82) is 5.26 Å². The van der Waals surface area contributed by atoms with E-state index in [1.165, 1.54) is 0 Å². The molecule has 0 aromatic carbocycles. The lowest BCUT2D eigenvalue weighted by molar-refractivity contribution is -0.121. The predicted molar refractivity (Wildman–Crippen MR) is 53.6 cm³/mol. The fourth-order valence-corrected chi connectivity index (χ4v) is 1.10. The van der Waals surface area contributed by atoms with Crippen LogP contribution < -0.4 is 5.32 Å². The number of hydrogen-bond donors (Lipinski definition) is 1. The molecule has 0 aliphatic rings. The van der Waals surface area contributed by atoms with Gasteiger partial charge in [0.2, 0.25) is 5.91 Å². The Morgan fingerprint density at radius 1 is 1.64 bits per heavy atom. The van der Waals surface area contributed by atoms with Gasteiger partial charge in [0.05, 0.1) is 6.07 Å². The van der Waals surface area contributed by atoms with E-state index < -0.39 is 0 Å². The van der Waals surface area contributed by atoms with E-state index in [1.54, 1.807) is 7.11 Å². The first-order valence-electron chi connectivity index (χ1n) is 4.92. The summed E-state index contributed by atoms with van der Waals surface area (Å²) in [6.07, 6.45) is 2.74. The summed E-state index contributed by atoms with van der Waals surface area (Å²) in [5.41, 5.74) is 0. The molecule has 4 heteroatoms. The molecule has 80 valence electrons. The minimum absolute atomic E-state index is 0.0675. The molecule has 4 nitrogen and oxygen atoms in total. The topological polar surface area (TPSA) is 62.1 Å². The van der Waals surface area contributed by atoms with Gasteiger partial charge < -0.3 is 10.1 Å². The summed E-state index contributed by atoms with van der Waals surface area (Å²) in [5.74, 6) is -0.0675. The molecule has 0 saturated carbocycles. The first-order valence-corrected chi connectivity index (χ1v) is 4.92. The molecule has 0 aromatic rings. The molecule has 0 saturated heterocycles. The molecule has 1 atom stereocenters. The molecule has 0 bridgehead atoms. The molecule has 0 fully saturated rings. The third-order valence-corrected chi connectivity index (χ3v) is 1.82. The summed E-state index contributed by atoms with van der Waals surface area (Å²) in [6.45, 7) is 2.57. The van der Waals surface area contributed by atoms with Gasteiger partial charge in [-0.1, -0.05) is 13.3 Å². The zero-order chi connectivity index (χ0) is 10.8. The Morgan fingerprint density at radius 3 is 2.86 bits per heavy atom. The van der Waals surface area contributed by atoms with Crippen molar-refractivity contribution in [1.82, 2.24) is 5.32 Å². The van der Waals surface area contributed by atoms with Gasteiger partial charge in [0, 0.05) is 20.1 Å². The fraction of sp³-hybridized carbons (Fsp3) is 0.800. The third kappa shape index (κ3) is 6.44. The maximum atomic E-state index is 11.2. The van der Waals surface area contributed by atoms with Crippen LogP contribution in [0.25, 0.3) is 0 Å². The van der Waals surface area contributed by atoms with E-state index >= 15 is 0 Å². The Labute approximate surface area is 85.2 Å². The lowest BCUT2D eigenvalue weighted by Crippen LogP contribution is -2.33. The first-order chi connectivity index (χ1) is 6.74. The molecule has 0 spiro atoms. The molecule has 0 aromatic heterocycles. The van der Waals surface area contributed by atoms with Gasteiger partial charge in [-0.15, -0.1) is 0 Å². The maximum Gasteiger partial charge on any atom is 0.221 e. The van der Waals surface area contributed by atoms with Crippen molar-refractivity contribution >= 4 is 5.91 Å². The van der Waals surface area contributed by atoms with Crippen LogP contribution in [0, 0.1) is 11.3 Å². The largest absolute Gasteiger partial charge is 0.385 e. The van der Waals surface area contributed by atoms with E-state index in [1.807, 2.05) is 6.92 Å². The zero-order valence-corrected chi connectivity index (χ0v) is 8.88. The van der Waals surface area contributed by atoms with Gasteiger partial charge >= 0.3 is 0 Å². The monoisotopic (exact) mass is 198 g/mol. The number of nitriles is 1. The maximum absolute atomic E-state index is 11.2. The number of methoxy groups -OCH3 is 1. The summed E-state index contributed by atoms with van der Waals surface area (Å²) in [4.78, 5) is 11.2. The zero-order valence-electron chi connectivity index (χ0n) is 8.88. The lowest BCUT2D eigenvalue weighted by Gasteiger charge is -2.09. The Hall–Kier alpha value is -1.08. The van der Waals surface area contributed by atoms with E-state index in [2.05, 4.69) is 11.4 Å². The molecular weight excluding hydrogens is 180 g/mol. The second kappa shape index (κ2) is 8.52. The molecule has 1 N–H and O–H groups in total. The van der Waals surface area contributed by atoms with Gasteiger partial charge in [0.1, 0.15) is 6.04 Å². The number of carbonyl (C=O) groups excluding carboxylic acids is 1. The van der Waals surface area contributed by atoms with Crippen molar-refractivity contribution in [3.63, 3.8) is 0 Å². The number of ether oxygens (including phenoxy) is 1. The summed E-state index contributed by atoms with van der Waals surface area (Å²) < 4.78 is 4.83. The van der Waals surface area contributed by atoms with Crippen molar-refractivity contribution in [2.24, 2.45) is 0 Å². The van der Waals surface area contributed by atoms with Gasteiger partial charge in [-0.3, -0.25) is 4.79 Å². The minimum atomic E-state index is -0.338. The van der Waals surface area contributed by atoms with Crippen molar-refractivity contribution < 1.29 is 9.53 Å². The van der Waals surface area contributed by atoms with Crippen molar-refractivity contribution in [3.8, 4) is 6.07 Å². The molecule has 0 radical (unpaired) electrons. The average Bonchev–Trinajstić information content (AvgIpc) is 2.17. The highest BCUT2D eigenvalue weighted by Gasteiger charge is 2.09. The van der Waals surface area contributed by atoms with E-state index in [0.29, 0.717) is 25.9 Å². The molecule has 1 amide bonds. The Morgan fingerprint density at radius 2 is 2.36 bits per heavy atom. The number of nitrogens with one attached hydrogen (secondary N) is 1. The Kier molecular flexibility index (Phi) is 7.86. The van der Waals surface area contributed by atoms with E-state index in [9.17, 15) is 4.79 Å². The summed E-state index contributed by atoms with van der Waals surface area (Å²) >= 11 is 0. The smallest absolute Gasteiger partial charge is 0.221 e. The Balaban J connectivity index is 3.63. The average molecular weight is 198 g/mol. The van der Waals surface area contributed by atoms with Crippen LogP contribution in [0.1, 0.15) is 32.6 Å². The van der Waals surface area contributed by atoms with Gasteiger partial charge in [-0.2, -0.15) is 5.26 Å². The molecule has 0 aliphatic heterocycles. The molecular formula is C10H18N2O2. The van der Waals surface area contributed by atoms with Crippen molar-refractivity contribution in [2.45, 2.75) is 38.6 Å². The van der Waals surface area contributed by atoms with Crippen LogP contribution in [0.3, 0.4) is 0 Å². The van der Waals surface area contributed by atoms with E-state index in [-0.39, 0.29) is 11.9 Å². The third-order valence-electron chi connectivity index (χ3n) is 1.82. The SMILES string of the molecule is CCCC(C#N)NC(=O)CCCOC. The van der Waals surface area contributed by atoms with Crippen LogP contribution in [0.15, 0.2) is 0 Å². The summed E-state index contributed by atoms with van der Waals surface area (Å²) in [6, 6.07) is 1.72. The minimum Gasteiger partial charge on any atom is -0.385 e. The number of nitrogens with zero attached hydrogens (tertiary/aromatic N) is 1. The molecule has 0 aliphatic carbocycles. The van der Waals surface area contributed by atoms with Crippen LogP contribution in [-0.4, -0.2) is 25.7 Å². The van der Waals surface area contributed by atoms with Crippen molar-refractivity contribution in [2.75, 3.05) is 13.7 Å². The van der Waals surface area contributed by atoms with Crippen LogP contribution in [0.4, 0.5) is 0 Å². The van der Waals surface area contributed by atoms with Crippen molar-refractivity contribution in [3.05, 3.63) is 0 Å². The van der Waals surface area contributed by atoms with E-state index in [4.69, 9.17) is 10.00 Å². The first kappa shape index (κ1) is 12.9. The van der Waals surface area contributed by atoms with Crippen LogP contribution in [0.5, 0.6) is 0 Å². The quantitative estimate of drug-likeness (QED) is 0.626. The fourth-order valence-electron chi connectivity index (χ4n) is 1.10. The molecule has 0 heterocycles. The van der Waals surface area contributed by atoms with Crippen LogP contribution >= 0.6 is 0 Å². The van der Waals surface area contributed by atoms with Gasteiger partial charge in [-0.25, -0.2) is 0 Å². The highest BCUT2D eigenvalue weighted by Crippen LogP contribution is 1.97. The number of carbonyl (C=O) groups is 1. The lowest BCUT2D eigenvalue weighted by atomic mass is 10.2. The van der Waals surface area contributed by atoms with E-state index in [0.717, 1.165) is 6.42 Å².